The molecule has 0 amide bonds. The van der Waals surface area contributed by atoms with Crippen molar-refractivity contribution in [3.8, 4) is 23.0 Å². The molecular formula is C37H45NO7S. The third-order valence-electron chi connectivity index (χ3n) is 10.9. The van der Waals surface area contributed by atoms with E-state index in [0.717, 1.165) is 55.2 Å². The Hall–Kier alpha value is -3.56. The molecule has 0 unspecified atom stereocenters. The number of aryl methyl sites for hydroxylation is 1. The molecule has 3 aliphatic rings. The number of sulfonamides is 1. The summed E-state index contributed by atoms with van der Waals surface area (Å²) in [4.78, 5) is 12.8. The van der Waals surface area contributed by atoms with Gasteiger partial charge in [-0.15, -0.1) is 0 Å². The molecule has 246 valence electrons. The maximum atomic E-state index is 14.3. The Bertz CT molecular complexity index is 1660. The largest absolute Gasteiger partial charge is 0.497 e. The van der Waals surface area contributed by atoms with Crippen LogP contribution in [-0.2, 0) is 40.1 Å². The minimum absolute atomic E-state index is 0.109. The summed E-state index contributed by atoms with van der Waals surface area (Å²) in [6, 6.07) is 17.1. The van der Waals surface area contributed by atoms with Gasteiger partial charge in [-0.05, 0) is 78.7 Å². The molecule has 0 spiro atoms. The van der Waals surface area contributed by atoms with Crippen LogP contribution in [0.15, 0.2) is 54.6 Å². The van der Waals surface area contributed by atoms with E-state index in [2.05, 4.69) is 19.1 Å². The molecule has 3 aliphatic carbocycles. The highest BCUT2D eigenvalue weighted by molar-refractivity contribution is 7.88. The van der Waals surface area contributed by atoms with Gasteiger partial charge in [0.05, 0.1) is 34.2 Å². The van der Waals surface area contributed by atoms with Crippen LogP contribution in [0.5, 0.6) is 23.0 Å². The average molecular weight is 648 g/mol. The molecular weight excluding hydrogens is 602 g/mol. The Morgan fingerprint density at radius 2 is 1.41 bits per heavy atom. The second kappa shape index (κ2) is 12.9. The molecule has 3 aromatic carbocycles. The zero-order valence-corrected chi connectivity index (χ0v) is 28.3. The van der Waals surface area contributed by atoms with Gasteiger partial charge in [0, 0.05) is 48.2 Å². The highest BCUT2D eigenvalue weighted by Gasteiger charge is 2.54. The molecule has 0 saturated heterocycles. The number of methoxy groups -OCH3 is 4. The number of ketones is 1. The van der Waals surface area contributed by atoms with E-state index in [1.54, 1.807) is 40.6 Å². The van der Waals surface area contributed by atoms with E-state index in [1.165, 1.54) is 15.4 Å². The lowest BCUT2D eigenvalue weighted by atomic mass is 9.55. The third kappa shape index (κ3) is 5.99. The molecule has 0 N–H and O–H groups in total. The van der Waals surface area contributed by atoms with E-state index in [4.69, 9.17) is 18.9 Å². The number of carbonyl (C=O) groups is 1. The minimum atomic E-state index is -3.81. The molecule has 46 heavy (non-hydrogen) atoms. The number of hydrogen-bond donors (Lipinski definition) is 0. The van der Waals surface area contributed by atoms with E-state index in [9.17, 15) is 13.2 Å². The monoisotopic (exact) mass is 647 g/mol. The molecule has 0 aliphatic heterocycles. The Morgan fingerprint density at radius 3 is 2.00 bits per heavy atom. The minimum Gasteiger partial charge on any atom is -0.497 e. The summed E-state index contributed by atoms with van der Waals surface area (Å²) < 4.78 is 52.1. The van der Waals surface area contributed by atoms with Gasteiger partial charge in [-0.25, -0.2) is 8.42 Å². The number of Topliss-reactive ketones (excluding diaryl/α,β-unsaturated/α-hetero) is 1. The van der Waals surface area contributed by atoms with Gasteiger partial charge in [0.1, 0.15) is 28.8 Å². The molecule has 2 fully saturated rings. The molecule has 0 bridgehead atoms. The van der Waals surface area contributed by atoms with Gasteiger partial charge in [-0.1, -0.05) is 37.3 Å². The number of ether oxygens (including phenoxy) is 4. The second-order valence-corrected chi connectivity index (χ2v) is 15.2. The lowest BCUT2D eigenvalue weighted by molar-refractivity contribution is -0.129. The number of hydrogen-bond acceptors (Lipinski definition) is 7. The van der Waals surface area contributed by atoms with E-state index >= 15 is 0 Å². The van der Waals surface area contributed by atoms with Gasteiger partial charge in [-0.2, -0.15) is 4.31 Å². The first kappa shape index (κ1) is 32.4. The van der Waals surface area contributed by atoms with Crippen molar-refractivity contribution in [2.45, 2.75) is 70.2 Å². The Balaban J connectivity index is 1.29. The van der Waals surface area contributed by atoms with Gasteiger partial charge in [0.15, 0.2) is 0 Å². The SMILES string of the molecule is COc1ccc(CN(Cc2ccc(OC)cc2OC)S(=O)(=O)Cc2ccc3c(c2)CC[C@@H]2[C@@H]3CC[C@]3(C)C(=O)CC[C@@H]23)c(OC)c1. The summed E-state index contributed by atoms with van der Waals surface area (Å²) in [6.45, 7) is 2.41. The van der Waals surface area contributed by atoms with Crippen LogP contribution in [0.1, 0.15) is 72.8 Å². The summed E-state index contributed by atoms with van der Waals surface area (Å²) in [5, 5.41) is 0. The number of fused-ring (bicyclic) bond motifs is 5. The van der Waals surface area contributed by atoms with Crippen molar-refractivity contribution in [2.24, 2.45) is 17.3 Å². The maximum absolute atomic E-state index is 14.3. The first-order valence-corrected chi connectivity index (χ1v) is 17.8. The summed E-state index contributed by atoms with van der Waals surface area (Å²) >= 11 is 0. The summed E-state index contributed by atoms with van der Waals surface area (Å²) in [5.41, 5.74) is 4.68. The van der Waals surface area contributed by atoms with Crippen molar-refractivity contribution in [3.63, 3.8) is 0 Å². The van der Waals surface area contributed by atoms with Gasteiger partial charge in [0.2, 0.25) is 10.0 Å². The van der Waals surface area contributed by atoms with Crippen molar-refractivity contribution in [1.82, 2.24) is 4.31 Å². The molecule has 3 aromatic rings. The van der Waals surface area contributed by atoms with Gasteiger partial charge >= 0.3 is 0 Å². The van der Waals surface area contributed by atoms with Crippen molar-refractivity contribution >= 4 is 15.8 Å². The molecule has 4 atom stereocenters. The predicted molar refractivity (Wildman–Crippen MR) is 177 cm³/mol. The summed E-state index contributed by atoms with van der Waals surface area (Å²) in [7, 11) is 2.50. The van der Waals surface area contributed by atoms with E-state index in [-0.39, 0.29) is 24.3 Å². The Labute approximate surface area is 273 Å². The Morgan fingerprint density at radius 1 is 0.783 bits per heavy atom. The molecule has 0 heterocycles. The average Bonchev–Trinajstić information content (AvgIpc) is 3.37. The highest BCUT2D eigenvalue weighted by Crippen LogP contribution is 2.59. The number of rotatable bonds is 11. The quantitative estimate of drug-likeness (QED) is 0.229. The lowest BCUT2D eigenvalue weighted by Gasteiger charge is -2.48. The number of nitrogens with zero attached hydrogens (tertiary/aromatic N) is 1. The standard InChI is InChI=1S/C37H45NO7S/c1-37-17-16-31-30-12-6-24(18-25(30)9-13-32(31)33(37)14-15-36(37)39)23-46(40,41)38(21-26-7-10-28(42-2)19-34(26)44-4)22-27-8-11-29(43-3)20-35(27)45-5/h6-8,10-12,18-20,31-33H,9,13-17,21-23H2,1-5H3/t31-,32-,33+,37+/m1/s1. The third-order valence-corrected chi connectivity index (χ3v) is 12.7. The van der Waals surface area contributed by atoms with E-state index in [0.29, 0.717) is 46.5 Å². The van der Waals surface area contributed by atoms with Gasteiger partial charge in [-0.3, -0.25) is 4.79 Å². The Kier molecular flexibility index (Phi) is 9.09. The smallest absolute Gasteiger partial charge is 0.218 e. The fourth-order valence-electron chi connectivity index (χ4n) is 8.40. The number of carbonyl (C=O) groups excluding carboxylic acids is 1. The first-order chi connectivity index (χ1) is 22.1. The molecule has 0 radical (unpaired) electrons. The molecule has 9 heteroatoms. The summed E-state index contributed by atoms with van der Waals surface area (Å²) in [6.07, 6.45) is 5.68. The van der Waals surface area contributed by atoms with Gasteiger partial charge in [0.25, 0.3) is 0 Å². The van der Waals surface area contributed by atoms with Crippen LogP contribution in [-0.4, -0.2) is 46.9 Å². The van der Waals surface area contributed by atoms with Crippen molar-refractivity contribution < 1.29 is 32.2 Å². The lowest BCUT2D eigenvalue weighted by Crippen LogP contribution is -2.42. The summed E-state index contributed by atoms with van der Waals surface area (Å²) in [5.74, 6) is 4.13. The zero-order chi connectivity index (χ0) is 32.6. The molecule has 8 nitrogen and oxygen atoms in total. The van der Waals surface area contributed by atoms with Crippen LogP contribution < -0.4 is 18.9 Å². The maximum Gasteiger partial charge on any atom is 0.218 e. The normalized spacial score (nSPS) is 23.8. The molecule has 6 rings (SSSR count). The van der Waals surface area contributed by atoms with Crippen molar-refractivity contribution in [1.29, 1.82) is 0 Å². The topological polar surface area (TPSA) is 91.4 Å². The van der Waals surface area contributed by atoms with Crippen LogP contribution in [0.4, 0.5) is 0 Å². The van der Waals surface area contributed by atoms with E-state index in [1.807, 2.05) is 30.3 Å². The van der Waals surface area contributed by atoms with E-state index < -0.39 is 10.0 Å². The molecule has 0 aromatic heterocycles. The van der Waals surface area contributed by atoms with Crippen molar-refractivity contribution in [2.75, 3.05) is 28.4 Å². The number of benzene rings is 3. The predicted octanol–water partition coefficient (Wildman–Crippen LogP) is 6.68. The zero-order valence-electron chi connectivity index (χ0n) is 27.5. The van der Waals surface area contributed by atoms with Crippen LogP contribution in [0.25, 0.3) is 0 Å². The van der Waals surface area contributed by atoms with Crippen LogP contribution >= 0.6 is 0 Å². The first-order valence-electron chi connectivity index (χ1n) is 16.1. The fourth-order valence-corrected chi connectivity index (χ4v) is 9.85. The van der Waals surface area contributed by atoms with Crippen LogP contribution in [0, 0.1) is 17.3 Å². The highest BCUT2D eigenvalue weighted by atomic mass is 32.2. The fraction of sp³-hybridized carbons (Fsp3) is 0.486. The van der Waals surface area contributed by atoms with Gasteiger partial charge < -0.3 is 18.9 Å². The second-order valence-electron chi connectivity index (χ2n) is 13.2. The molecule has 2 saturated carbocycles. The van der Waals surface area contributed by atoms with Crippen LogP contribution in [0.2, 0.25) is 0 Å². The van der Waals surface area contributed by atoms with Crippen LogP contribution in [0.3, 0.4) is 0 Å². The van der Waals surface area contributed by atoms with Crippen molar-refractivity contribution in [3.05, 3.63) is 82.4 Å².